The second-order valence-corrected chi connectivity index (χ2v) is 7.70. The van der Waals surface area contributed by atoms with Crippen LogP contribution in [0.2, 0.25) is 0 Å². The number of sulfone groups is 1. The van der Waals surface area contributed by atoms with Gasteiger partial charge in [-0.3, -0.25) is 0 Å². The van der Waals surface area contributed by atoms with Crippen molar-refractivity contribution >= 4 is 15.9 Å². The van der Waals surface area contributed by atoms with E-state index in [0.717, 1.165) is 5.56 Å². The fourth-order valence-corrected chi connectivity index (χ4v) is 4.42. The summed E-state index contributed by atoms with van der Waals surface area (Å²) in [6, 6.07) is 9.23. The van der Waals surface area contributed by atoms with Crippen LogP contribution >= 0.6 is 0 Å². The Morgan fingerprint density at radius 1 is 1.30 bits per heavy atom. The third-order valence-corrected chi connectivity index (χ3v) is 5.41. The standard InChI is InChI=1S/C15H21NO6S/c17-7-8-22-15(6-9-23(19,20)12-15)11-16-14(18)21-10-13-4-2-1-3-5-13/h1-5,17H,6-12H2,(H,16,18). The number of aliphatic hydroxyl groups is 1. The Balaban J connectivity index is 1.84. The molecule has 7 nitrogen and oxygen atoms in total. The molecule has 0 radical (unpaired) electrons. The summed E-state index contributed by atoms with van der Waals surface area (Å²) >= 11 is 0. The van der Waals surface area contributed by atoms with Gasteiger partial charge in [0.05, 0.1) is 31.3 Å². The zero-order valence-electron chi connectivity index (χ0n) is 12.7. The SMILES string of the molecule is O=C(NCC1(OCCO)CCS(=O)(=O)C1)OCc1ccccc1. The van der Waals surface area contributed by atoms with Crippen molar-refractivity contribution in [3.63, 3.8) is 0 Å². The molecular weight excluding hydrogens is 322 g/mol. The van der Waals surface area contributed by atoms with Crippen LogP contribution in [0.3, 0.4) is 0 Å². The summed E-state index contributed by atoms with van der Waals surface area (Å²) in [5, 5.41) is 11.4. The molecule has 1 unspecified atom stereocenters. The van der Waals surface area contributed by atoms with Crippen LogP contribution < -0.4 is 5.32 Å². The number of hydrogen-bond donors (Lipinski definition) is 2. The number of alkyl carbamates (subject to hydrolysis) is 1. The summed E-state index contributed by atoms with van der Waals surface area (Å²) in [6.07, 6.45) is -0.348. The van der Waals surface area contributed by atoms with E-state index in [1.807, 2.05) is 30.3 Å². The van der Waals surface area contributed by atoms with E-state index in [-0.39, 0.29) is 44.3 Å². The van der Waals surface area contributed by atoms with Crippen molar-refractivity contribution in [3.05, 3.63) is 35.9 Å². The maximum atomic E-state index is 11.8. The average molecular weight is 343 g/mol. The van der Waals surface area contributed by atoms with E-state index in [4.69, 9.17) is 14.6 Å². The van der Waals surface area contributed by atoms with Gasteiger partial charge in [0, 0.05) is 0 Å². The van der Waals surface area contributed by atoms with Gasteiger partial charge < -0.3 is 19.9 Å². The van der Waals surface area contributed by atoms with Crippen LogP contribution in [0, 0.1) is 0 Å². The minimum absolute atomic E-state index is 0.0131. The minimum atomic E-state index is -3.19. The summed E-state index contributed by atoms with van der Waals surface area (Å²) < 4.78 is 33.9. The predicted molar refractivity (Wildman–Crippen MR) is 83.7 cm³/mol. The molecule has 1 aliphatic heterocycles. The van der Waals surface area contributed by atoms with Crippen LogP contribution in [0.4, 0.5) is 4.79 Å². The van der Waals surface area contributed by atoms with Gasteiger partial charge in [0.25, 0.3) is 0 Å². The zero-order valence-corrected chi connectivity index (χ0v) is 13.5. The van der Waals surface area contributed by atoms with Crippen molar-refractivity contribution in [1.82, 2.24) is 5.32 Å². The van der Waals surface area contributed by atoms with E-state index < -0.39 is 21.5 Å². The molecule has 0 spiro atoms. The fraction of sp³-hybridized carbons (Fsp3) is 0.533. The lowest BCUT2D eigenvalue weighted by atomic mass is 10.0. The highest BCUT2D eigenvalue weighted by molar-refractivity contribution is 7.91. The van der Waals surface area contributed by atoms with Gasteiger partial charge in [0.1, 0.15) is 12.2 Å². The van der Waals surface area contributed by atoms with E-state index in [2.05, 4.69) is 5.32 Å². The molecule has 0 aromatic heterocycles. The van der Waals surface area contributed by atoms with Crippen molar-refractivity contribution in [2.24, 2.45) is 0 Å². The van der Waals surface area contributed by atoms with Gasteiger partial charge in [-0.1, -0.05) is 30.3 Å². The number of hydrogen-bond acceptors (Lipinski definition) is 6. The molecular formula is C15H21NO6S. The Kier molecular flexibility index (Phi) is 5.97. The second-order valence-electron chi connectivity index (χ2n) is 5.51. The van der Waals surface area contributed by atoms with Crippen molar-refractivity contribution in [2.45, 2.75) is 18.6 Å². The highest BCUT2D eigenvalue weighted by atomic mass is 32.2. The molecule has 1 saturated heterocycles. The molecule has 0 saturated carbocycles. The summed E-state index contributed by atoms with van der Waals surface area (Å²) in [7, 11) is -3.19. The highest BCUT2D eigenvalue weighted by Crippen LogP contribution is 2.27. The molecule has 1 aliphatic rings. The molecule has 1 aromatic carbocycles. The molecule has 23 heavy (non-hydrogen) atoms. The molecule has 1 heterocycles. The van der Waals surface area contributed by atoms with Crippen LogP contribution in [0.15, 0.2) is 30.3 Å². The topological polar surface area (TPSA) is 102 Å². The van der Waals surface area contributed by atoms with Gasteiger partial charge in [-0.2, -0.15) is 0 Å². The van der Waals surface area contributed by atoms with Gasteiger partial charge in [-0.25, -0.2) is 13.2 Å². The Bertz CT molecular complexity index is 618. The zero-order chi connectivity index (χ0) is 16.8. The lowest BCUT2D eigenvalue weighted by Crippen LogP contribution is -2.46. The number of amides is 1. The number of ether oxygens (including phenoxy) is 2. The quantitative estimate of drug-likeness (QED) is 0.747. The maximum Gasteiger partial charge on any atom is 0.407 e. The number of carbonyl (C=O) groups is 1. The average Bonchev–Trinajstić information content (AvgIpc) is 2.86. The molecule has 1 fully saturated rings. The second kappa shape index (κ2) is 7.76. The van der Waals surface area contributed by atoms with Crippen LogP contribution in [0.25, 0.3) is 0 Å². The third-order valence-electron chi connectivity index (χ3n) is 3.62. The molecule has 8 heteroatoms. The Labute approximate surface area is 135 Å². The first-order chi connectivity index (χ1) is 10.9. The Hall–Kier alpha value is -1.64. The first-order valence-corrected chi connectivity index (χ1v) is 9.17. The van der Waals surface area contributed by atoms with Crippen molar-refractivity contribution in [1.29, 1.82) is 0 Å². The maximum absolute atomic E-state index is 11.8. The van der Waals surface area contributed by atoms with E-state index in [1.54, 1.807) is 0 Å². The first kappa shape index (κ1) is 17.7. The first-order valence-electron chi connectivity index (χ1n) is 7.35. The van der Waals surface area contributed by atoms with Crippen LogP contribution in [0.5, 0.6) is 0 Å². The smallest absolute Gasteiger partial charge is 0.407 e. The van der Waals surface area contributed by atoms with E-state index in [9.17, 15) is 13.2 Å². The predicted octanol–water partition coefficient (Wildman–Crippen LogP) is 0.479. The van der Waals surface area contributed by atoms with Crippen LogP contribution in [-0.2, 0) is 25.9 Å². The largest absolute Gasteiger partial charge is 0.445 e. The van der Waals surface area contributed by atoms with E-state index >= 15 is 0 Å². The molecule has 0 aliphatic carbocycles. The Morgan fingerprint density at radius 2 is 2.04 bits per heavy atom. The molecule has 1 aromatic rings. The highest BCUT2D eigenvalue weighted by Gasteiger charge is 2.43. The van der Waals surface area contributed by atoms with Crippen molar-refractivity contribution in [2.75, 3.05) is 31.3 Å². The number of benzene rings is 1. The van der Waals surface area contributed by atoms with Crippen molar-refractivity contribution in [3.8, 4) is 0 Å². The Morgan fingerprint density at radius 3 is 2.65 bits per heavy atom. The van der Waals surface area contributed by atoms with Gasteiger partial charge in [0.15, 0.2) is 9.84 Å². The number of carbonyl (C=O) groups excluding carboxylic acids is 1. The molecule has 1 atom stereocenters. The minimum Gasteiger partial charge on any atom is -0.445 e. The summed E-state index contributed by atoms with van der Waals surface area (Å²) in [4.78, 5) is 11.8. The molecule has 0 bridgehead atoms. The van der Waals surface area contributed by atoms with Crippen molar-refractivity contribution < 1.29 is 27.8 Å². The monoisotopic (exact) mass is 343 g/mol. The van der Waals surface area contributed by atoms with Gasteiger partial charge in [0.2, 0.25) is 0 Å². The molecule has 128 valence electrons. The molecule has 2 rings (SSSR count). The van der Waals surface area contributed by atoms with Gasteiger partial charge in [-0.15, -0.1) is 0 Å². The lowest BCUT2D eigenvalue weighted by Gasteiger charge is -2.27. The van der Waals surface area contributed by atoms with Gasteiger partial charge >= 0.3 is 6.09 Å². The third kappa shape index (κ3) is 5.49. The summed E-state index contributed by atoms with van der Waals surface area (Å²) in [6.45, 7) is -0.0220. The normalized spacial score (nSPS) is 22.7. The number of rotatable bonds is 7. The summed E-state index contributed by atoms with van der Waals surface area (Å²) in [5.74, 6) is -0.155. The fourth-order valence-electron chi connectivity index (χ4n) is 2.46. The lowest BCUT2D eigenvalue weighted by molar-refractivity contribution is -0.0389. The number of aliphatic hydroxyl groups excluding tert-OH is 1. The van der Waals surface area contributed by atoms with E-state index in [1.165, 1.54) is 0 Å². The van der Waals surface area contributed by atoms with Crippen LogP contribution in [-0.4, -0.2) is 56.5 Å². The summed E-state index contributed by atoms with van der Waals surface area (Å²) in [5.41, 5.74) is -0.134. The number of nitrogens with one attached hydrogen (secondary N) is 1. The van der Waals surface area contributed by atoms with Gasteiger partial charge in [-0.05, 0) is 12.0 Å². The van der Waals surface area contributed by atoms with E-state index in [0.29, 0.717) is 0 Å². The van der Waals surface area contributed by atoms with Crippen LogP contribution in [0.1, 0.15) is 12.0 Å². The molecule has 1 amide bonds. The molecule has 2 N–H and O–H groups in total.